The summed E-state index contributed by atoms with van der Waals surface area (Å²) in [5, 5.41) is 3.36. The van der Waals surface area contributed by atoms with Crippen LogP contribution in [0.4, 0.5) is 5.69 Å². The molecule has 1 heterocycles. The topological polar surface area (TPSA) is 59.9 Å². The minimum Gasteiger partial charge on any atom is -0.497 e. The zero-order valence-corrected chi connectivity index (χ0v) is 20.0. The van der Waals surface area contributed by atoms with Crippen molar-refractivity contribution in [2.45, 2.75) is 0 Å². The molecule has 0 unspecified atom stereocenters. The minimum absolute atomic E-state index is 0.158. The maximum Gasteiger partial charge on any atom is 0.264 e. The van der Waals surface area contributed by atoms with E-state index in [1.807, 2.05) is 42.5 Å². The summed E-state index contributed by atoms with van der Waals surface area (Å²) in [6.45, 7) is 4.13. The molecule has 28 heavy (non-hydrogen) atoms. The van der Waals surface area contributed by atoms with Gasteiger partial charge in [-0.2, -0.15) is 0 Å². The van der Waals surface area contributed by atoms with E-state index >= 15 is 0 Å². The van der Waals surface area contributed by atoms with Crippen LogP contribution in [0.2, 0.25) is 0 Å². The Morgan fingerprint density at radius 1 is 1.21 bits per heavy atom. The Labute approximate surface area is 195 Å². The second-order valence-corrected chi connectivity index (χ2v) is 8.95. The maximum absolute atomic E-state index is 12.3. The fourth-order valence-electron chi connectivity index (χ4n) is 2.35. The summed E-state index contributed by atoms with van der Waals surface area (Å²) in [6, 6.07) is 11.3. The van der Waals surface area contributed by atoms with E-state index in [1.54, 1.807) is 13.2 Å². The third kappa shape index (κ3) is 5.29. The Kier molecular flexibility index (Phi) is 7.41. The molecule has 0 bridgehead atoms. The maximum atomic E-state index is 12.3. The van der Waals surface area contributed by atoms with Gasteiger partial charge in [0.05, 0.1) is 24.8 Å². The minimum atomic E-state index is -0.158. The molecule has 0 aliphatic carbocycles. The SMILES string of the molecule is C=CCOc1c(I)cc(/C=C2/SC(=Nc3ccc(OC)cc3)NC2=O)cc1I. The van der Waals surface area contributed by atoms with Crippen LogP contribution in [0.15, 0.2) is 59.0 Å². The number of hydrogen-bond acceptors (Lipinski definition) is 5. The molecule has 2 aromatic rings. The number of aliphatic imine (C=N–C) groups is 1. The molecule has 0 spiro atoms. The number of rotatable bonds is 6. The van der Waals surface area contributed by atoms with Crippen molar-refractivity contribution in [2.75, 3.05) is 13.7 Å². The van der Waals surface area contributed by atoms with Crippen LogP contribution in [0.3, 0.4) is 0 Å². The zero-order chi connectivity index (χ0) is 20.1. The predicted molar refractivity (Wildman–Crippen MR) is 131 cm³/mol. The van der Waals surface area contributed by atoms with E-state index in [0.29, 0.717) is 16.7 Å². The summed E-state index contributed by atoms with van der Waals surface area (Å²) < 4.78 is 12.8. The van der Waals surface area contributed by atoms with Crippen LogP contribution in [0.1, 0.15) is 5.56 Å². The first-order valence-electron chi connectivity index (χ1n) is 8.16. The van der Waals surface area contributed by atoms with Gasteiger partial charge in [-0.05, 0) is 105 Å². The third-order valence-electron chi connectivity index (χ3n) is 3.62. The lowest BCUT2D eigenvalue weighted by Gasteiger charge is -2.09. The first kappa shape index (κ1) is 21.2. The zero-order valence-electron chi connectivity index (χ0n) is 14.9. The molecule has 0 aromatic heterocycles. The number of amidine groups is 1. The Hall–Kier alpha value is -1.53. The number of nitrogens with zero attached hydrogens (tertiary/aromatic N) is 1. The molecule has 144 valence electrons. The number of thioether (sulfide) groups is 1. The third-order valence-corrected chi connectivity index (χ3v) is 6.13. The first-order valence-corrected chi connectivity index (χ1v) is 11.1. The number of methoxy groups -OCH3 is 1. The molecule has 1 fully saturated rings. The van der Waals surface area contributed by atoms with Crippen molar-refractivity contribution < 1.29 is 14.3 Å². The molecule has 2 aromatic carbocycles. The fourth-order valence-corrected chi connectivity index (χ4v) is 5.32. The van der Waals surface area contributed by atoms with Crippen LogP contribution >= 0.6 is 56.9 Å². The molecule has 1 aliphatic rings. The molecular weight excluding hydrogens is 602 g/mol. The normalized spacial score (nSPS) is 16.3. The molecule has 0 atom stereocenters. The highest BCUT2D eigenvalue weighted by Gasteiger charge is 2.24. The Balaban J connectivity index is 1.80. The molecular formula is C20H16I2N2O3S. The van der Waals surface area contributed by atoms with E-state index in [1.165, 1.54) is 11.8 Å². The largest absolute Gasteiger partial charge is 0.497 e. The van der Waals surface area contributed by atoms with Gasteiger partial charge < -0.3 is 14.8 Å². The number of hydrogen-bond donors (Lipinski definition) is 1. The van der Waals surface area contributed by atoms with E-state index < -0.39 is 0 Å². The van der Waals surface area contributed by atoms with E-state index in [0.717, 1.165) is 29.9 Å². The summed E-state index contributed by atoms with van der Waals surface area (Å²) in [5.74, 6) is 1.43. The van der Waals surface area contributed by atoms with Crippen molar-refractivity contribution in [1.82, 2.24) is 5.32 Å². The van der Waals surface area contributed by atoms with Gasteiger partial charge in [0.1, 0.15) is 18.1 Å². The quantitative estimate of drug-likeness (QED) is 0.269. The molecule has 1 aliphatic heterocycles. The number of ether oxygens (including phenoxy) is 2. The van der Waals surface area contributed by atoms with Crippen molar-refractivity contribution in [3.63, 3.8) is 0 Å². The lowest BCUT2D eigenvalue weighted by atomic mass is 10.2. The van der Waals surface area contributed by atoms with Crippen molar-refractivity contribution in [3.05, 3.63) is 66.7 Å². The monoisotopic (exact) mass is 618 g/mol. The second kappa shape index (κ2) is 9.79. The number of amides is 1. The highest BCUT2D eigenvalue weighted by atomic mass is 127. The number of halogens is 2. The summed E-state index contributed by atoms with van der Waals surface area (Å²) >= 11 is 5.78. The van der Waals surface area contributed by atoms with Gasteiger partial charge in [-0.15, -0.1) is 0 Å². The molecule has 1 amide bonds. The molecule has 1 N–H and O–H groups in total. The first-order chi connectivity index (χ1) is 13.5. The lowest BCUT2D eigenvalue weighted by Crippen LogP contribution is -2.19. The number of carbonyl (C=O) groups is 1. The standard InChI is InChI=1S/C20H16I2N2O3S/c1-3-8-27-18-15(21)9-12(10-16(18)22)11-17-19(25)24-20(28-17)23-13-4-6-14(26-2)7-5-13/h3-7,9-11H,1,8H2,2H3,(H,23,24,25)/b17-11+. The Morgan fingerprint density at radius 3 is 2.50 bits per heavy atom. The number of nitrogens with one attached hydrogen (secondary N) is 1. The van der Waals surface area contributed by atoms with Gasteiger partial charge in [0.2, 0.25) is 0 Å². The highest BCUT2D eigenvalue weighted by molar-refractivity contribution is 14.1. The van der Waals surface area contributed by atoms with Gasteiger partial charge in [-0.1, -0.05) is 12.7 Å². The summed E-state index contributed by atoms with van der Waals surface area (Å²) in [5.41, 5.74) is 1.68. The average Bonchev–Trinajstić information content (AvgIpc) is 3.00. The molecule has 1 saturated heterocycles. The van der Waals surface area contributed by atoms with E-state index in [9.17, 15) is 4.79 Å². The molecule has 0 saturated carbocycles. The van der Waals surface area contributed by atoms with Gasteiger partial charge in [0.25, 0.3) is 5.91 Å². The molecule has 5 nitrogen and oxygen atoms in total. The van der Waals surface area contributed by atoms with Gasteiger partial charge in [-0.3, -0.25) is 4.79 Å². The van der Waals surface area contributed by atoms with Gasteiger partial charge in [-0.25, -0.2) is 4.99 Å². The summed E-state index contributed by atoms with van der Waals surface area (Å²) in [4.78, 5) is 17.4. The van der Waals surface area contributed by atoms with Crippen molar-refractivity contribution >= 4 is 79.8 Å². The van der Waals surface area contributed by atoms with E-state index in [2.05, 4.69) is 62.1 Å². The second-order valence-electron chi connectivity index (χ2n) is 5.59. The van der Waals surface area contributed by atoms with Crippen LogP contribution in [-0.4, -0.2) is 24.8 Å². The molecule has 3 rings (SSSR count). The van der Waals surface area contributed by atoms with E-state index in [4.69, 9.17) is 9.47 Å². The Morgan fingerprint density at radius 2 is 1.89 bits per heavy atom. The van der Waals surface area contributed by atoms with Crippen LogP contribution in [0.25, 0.3) is 6.08 Å². The number of benzene rings is 2. The summed E-state index contributed by atoms with van der Waals surface area (Å²) in [7, 11) is 1.62. The van der Waals surface area contributed by atoms with Crippen molar-refractivity contribution in [3.8, 4) is 11.5 Å². The summed E-state index contributed by atoms with van der Waals surface area (Å²) in [6.07, 6.45) is 3.57. The average molecular weight is 618 g/mol. The van der Waals surface area contributed by atoms with Gasteiger partial charge in [0.15, 0.2) is 5.17 Å². The molecule has 8 heteroatoms. The van der Waals surface area contributed by atoms with Crippen LogP contribution < -0.4 is 14.8 Å². The predicted octanol–water partition coefficient (Wildman–Crippen LogP) is 5.36. The Bertz CT molecular complexity index is 949. The van der Waals surface area contributed by atoms with Crippen LogP contribution in [0, 0.1) is 7.14 Å². The number of carbonyl (C=O) groups excluding carboxylic acids is 1. The van der Waals surface area contributed by atoms with Gasteiger partial charge >= 0.3 is 0 Å². The van der Waals surface area contributed by atoms with Crippen LogP contribution in [0.5, 0.6) is 11.5 Å². The smallest absolute Gasteiger partial charge is 0.264 e. The molecule has 0 radical (unpaired) electrons. The fraction of sp³-hybridized carbons (Fsp3) is 0.100. The van der Waals surface area contributed by atoms with Gasteiger partial charge in [0, 0.05) is 0 Å². The highest BCUT2D eigenvalue weighted by Crippen LogP contribution is 2.32. The van der Waals surface area contributed by atoms with Crippen LogP contribution in [-0.2, 0) is 4.79 Å². The lowest BCUT2D eigenvalue weighted by molar-refractivity contribution is -0.115. The van der Waals surface area contributed by atoms with E-state index in [-0.39, 0.29) is 5.91 Å². The van der Waals surface area contributed by atoms with Crippen molar-refractivity contribution in [1.29, 1.82) is 0 Å². The van der Waals surface area contributed by atoms with Crippen molar-refractivity contribution in [2.24, 2.45) is 4.99 Å².